The third-order valence-corrected chi connectivity index (χ3v) is 7.03. The van der Waals surface area contributed by atoms with E-state index >= 15 is 0 Å². The number of benzene rings is 2. The van der Waals surface area contributed by atoms with Crippen LogP contribution in [0.25, 0.3) is 0 Å². The second kappa shape index (κ2) is 10.5. The number of nitrogens with one attached hydrogen (secondary N) is 2. The van der Waals surface area contributed by atoms with Crippen molar-refractivity contribution in [2.45, 2.75) is 30.5 Å². The highest BCUT2D eigenvalue weighted by molar-refractivity contribution is 7.99. The molecular formula is C19H22Cl2N2O4S2. The summed E-state index contributed by atoms with van der Waals surface area (Å²) in [5.41, 5.74) is 1.24. The van der Waals surface area contributed by atoms with Gasteiger partial charge in [0.1, 0.15) is 5.75 Å². The van der Waals surface area contributed by atoms with Crippen LogP contribution in [0.4, 0.5) is 5.69 Å². The van der Waals surface area contributed by atoms with E-state index in [1.165, 1.54) is 37.1 Å². The van der Waals surface area contributed by atoms with Crippen molar-refractivity contribution in [3.63, 3.8) is 0 Å². The number of ether oxygens (including phenoxy) is 1. The molecule has 0 saturated heterocycles. The molecule has 10 heteroatoms. The second-order valence-corrected chi connectivity index (χ2v) is 9.94. The molecule has 0 fully saturated rings. The maximum absolute atomic E-state index is 12.4. The Morgan fingerprint density at radius 2 is 1.86 bits per heavy atom. The quantitative estimate of drug-likeness (QED) is 0.553. The van der Waals surface area contributed by atoms with Crippen LogP contribution in [0, 0.1) is 0 Å². The lowest BCUT2D eigenvalue weighted by Gasteiger charge is -2.14. The zero-order valence-electron chi connectivity index (χ0n) is 16.2. The van der Waals surface area contributed by atoms with E-state index in [4.69, 9.17) is 27.9 Å². The Morgan fingerprint density at radius 3 is 2.48 bits per heavy atom. The Hall–Kier alpha value is -1.45. The minimum absolute atomic E-state index is 0.0470. The molecule has 2 rings (SSSR count). The van der Waals surface area contributed by atoms with E-state index in [-0.39, 0.29) is 22.6 Å². The summed E-state index contributed by atoms with van der Waals surface area (Å²) < 4.78 is 32.5. The Morgan fingerprint density at radius 1 is 1.14 bits per heavy atom. The summed E-state index contributed by atoms with van der Waals surface area (Å²) in [5, 5.41) is 3.65. The van der Waals surface area contributed by atoms with Crippen molar-refractivity contribution in [3.8, 4) is 5.75 Å². The first kappa shape index (κ1) is 23.8. The number of sulfonamides is 1. The molecule has 2 aromatic rings. The monoisotopic (exact) mass is 476 g/mol. The van der Waals surface area contributed by atoms with E-state index in [1.807, 2.05) is 6.07 Å². The molecule has 158 valence electrons. The third kappa shape index (κ3) is 7.08. The maximum atomic E-state index is 12.4. The van der Waals surface area contributed by atoms with Gasteiger partial charge in [0.05, 0.1) is 33.5 Å². The summed E-state index contributed by atoms with van der Waals surface area (Å²) in [7, 11) is -2.24. The van der Waals surface area contributed by atoms with Gasteiger partial charge in [0.25, 0.3) is 0 Å². The van der Waals surface area contributed by atoms with Gasteiger partial charge in [0.15, 0.2) is 0 Å². The second-order valence-electron chi connectivity index (χ2n) is 6.43. The van der Waals surface area contributed by atoms with Crippen LogP contribution in [-0.2, 0) is 20.6 Å². The zero-order valence-corrected chi connectivity index (χ0v) is 19.3. The number of carbonyl (C=O) groups excluding carboxylic acids is 1. The largest absolute Gasteiger partial charge is 0.495 e. The molecule has 6 nitrogen and oxygen atoms in total. The first-order chi connectivity index (χ1) is 13.6. The molecule has 0 aromatic heterocycles. The average molecular weight is 477 g/mol. The summed E-state index contributed by atoms with van der Waals surface area (Å²) in [4.78, 5) is 12.4. The topological polar surface area (TPSA) is 84.5 Å². The number of methoxy groups -OCH3 is 1. The lowest BCUT2D eigenvalue weighted by Crippen LogP contribution is -2.30. The van der Waals surface area contributed by atoms with Gasteiger partial charge in [-0.3, -0.25) is 4.79 Å². The lowest BCUT2D eigenvalue weighted by atomic mass is 10.2. The Kier molecular flexibility index (Phi) is 8.66. The van der Waals surface area contributed by atoms with Crippen molar-refractivity contribution in [2.75, 3.05) is 18.2 Å². The molecule has 0 radical (unpaired) electrons. The number of halogens is 2. The van der Waals surface area contributed by atoms with Gasteiger partial charge in [-0.2, -0.15) is 0 Å². The molecule has 0 unspecified atom stereocenters. The van der Waals surface area contributed by atoms with Crippen LogP contribution in [0.1, 0.15) is 19.4 Å². The van der Waals surface area contributed by atoms with Crippen molar-refractivity contribution in [3.05, 3.63) is 52.0 Å². The highest BCUT2D eigenvalue weighted by atomic mass is 35.5. The van der Waals surface area contributed by atoms with Gasteiger partial charge in [-0.25, -0.2) is 13.1 Å². The lowest BCUT2D eigenvalue weighted by molar-refractivity contribution is -0.113. The number of rotatable bonds is 9. The fraction of sp³-hybridized carbons (Fsp3) is 0.316. The minimum Gasteiger partial charge on any atom is -0.495 e. The van der Waals surface area contributed by atoms with Crippen LogP contribution in [0.3, 0.4) is 0 Å². The summed E-state index contributed by atoms with van der Waals surface area (Å²) >= 11 is 13.3. The standard InChI is InChI=1S/C19H22Cl2N2O4S2/c1-12(2)23-29(25,26)14-5-7-18(27-3)17(9-14)22-19(24)11-28-10-13-4-6-15(20)16(21)8-13/h4-9,12,23H,10-11H2,1-3H3,(H,22,24). The molecule has 0 saturated carbocycles. The Bertz CT molecular complexity index is 982. The molecule has 0 aliphatic carbocycles. The highest BCUT2D eigenvalue weighted by Crippen LogP contribution is 2.28. The number of hydrogen-bond acceptors (Lipinski definition) is 5. The number of amides is 1. The zero-order chi connectivity index (χ0) is 21.6. The van der Waals surface area contributed by atoms with Crippen LogP contribution in [0.2, 0.25) is 10.0 Å². The molecule has 0 spiro atoms. The number of carbonyl (C=O) groups is 1. The van der Waals surface area contributed by atoms with Gasteiger partial charge in [-0.1, -0.05) is 29.3 Å². The van der Waals surface area contributed by atoms with Gasteiger partial charge in [-0.15, -0.1) is 11.8 Å². The van der Waals surface area contributed by atoms with Gasteiger partial charge < -0.3 is 10.1 Å². The van der Waals surface area contributed by atoms with Crippen molar-refractivity contribution in [1.82, 2.24) is 4.72 Å². The molecule has 0 heterocycles. The molecule has 2 N–H and O–H groups in total. The third-order valence-electron chi connectivity index (χ3n) is 3.63. The van der Waals surface area contributed by atoms with Gasteiger partial charge in [-0.05, 0) is 49.7 Å². The summed E-state index contributed by atoms with van der Waals surface area (Å²) in [6, 6.07) is 9.38. The molecule has 1 amide bonds. The number of thioether (sulfide) groups is 1. The Labute approximate surface area is 185 Å². The van der Waals surface area contributed by atoms with E-state index in [0.29, 0.717) is 27.2 Å². The predicted octanol–water partition coefficient (Wildman–Crippen LogP) is 4.56. The molecular weight excluding hydrogens is 455 g/mol. The van der Waals surface area contributed by atoms with Gasteiger partial charge in [0, 0.05) is 11.8 Å². The van der Waals surface area contributed by atoms with E-state index in [2.05, 4.69) is 10.0 Å². The molecule has 0 aliphatic heterocycles. The van der Waals surface area contributed by atoms with E-state index in [9.17, 15) is 13.2 Å². The predicted molar refractivity (Wildman–Crippen MR) is 120 cm³/mol. The SMILES string of the molecule is COc1ccc(S(=O)(=O)NC(C)C)cc1NC(=O)CSCc1ccc(Cl)c(Cl)c1. The summed E-state index contributed by atoms with van der Waals surface area (Å²) in [5.74, 6) is 0.842. The van der Waals surface area contributed by atoms with Gasteiger partial charge >= 0.3 is 0 Å². The smallest absolute Gasteiger partial charge is 0.240 e. The van der Waals surface area contributed by atoms with Crippen LogP contribution in [0.15, 0.2) is 41.3 Å². The van der Waals surface area contributed by atoms with Crippen LogP contribution >= 0.6 is 35.0 Å². The maximum Gasteiger partial charge on any atom is 0.240 e. The number of anilines is 1. The van der Waals surface area contributed by atoms with Crippen molar-refractivity contribution >= 4 is 56.6 Å². The van der Waals surface area contributed by atoms with E-state index < -0.39 is 10.0 Å². The fourth-order valence-electron chi connectivity index (χ4n) is 2.41. The molecule has 29 heavy (non-hydrogen) atoms. The highest BCUT2D eigenvalue weighted by Gasteiger charge is 2.18. The molecule has 0 bridgehead atoms. The normalized spacial score (nSPS) is 11.5. The van der Waals surface area contributed by atoms with Crippen molar-refractivity contribution < 1.29 is 17.9 Å². The summed E-state index contributed by atoms with van der Waals surface area (Å²) in [6.07, 6.45) is 0. The van der Waals surface area contributed by atoms with Crippen LogP contribution < -0.4 is 14.8 Å². The molecule has 2 aromatic carbocycles. The molecule has 0 aliphatic rings. The average Bonchev–Trinajstić information content (AvgIpc) is 2.63. The fourth-order valence-corrected chi connectivity index (χ4v) is 4.78. The van der Waals surface area contributed by atoms with Crippen molar-refractivity contribution in [1.29, 1.82) is 0 Å². The van der Waals surface area contributed by atoms with E-state index in [0.717, 1.165) is 5.56 Å². The van der Waals surface area contributed by atoms with Crippen LogP contribution in [0.5, 0.6) is 5.75 Å². The number of hydrogen-bond donors (Lipinski definition) is 2. The molecule has 0 atom stereocenters. The van der Waals surface area contributed by atoms with Gasteiger partial charge in [0.2, 0.25) is 15.9 Å². The first-order valence-corrected chi connectivity index (χ1v) is 12.0. The van der Waals surface area contributed by atoms with E-state index in [1.54, 1.807) is 26.0 Å². The first-order valence-electron chi connectivity index (χ1n) is 8.64. The summed E-state index contributed by atoms with van der Waals surface area (Å²) in [6.45, 7) is 3.46. The van der Waals surface area contributed by atoms with Crippen molar-refractivity contribution in [2.24, 2.45) is 0 Å². The minimum atomic E-state index is -3.69. The Balaban J connectivity index is 2.04. The van der Waals surface area contributed by atoms with Crippen LogP contribution in [-0.4, -0.2) is 33.2 Å².